The second kappa shape index (κ2) is 7.07. The Bertz CT molecular complexity index is 447. The summed E-state index contributed by atoms with van der Waals surface area (Å²) in [6.45, 7) is -1.51. The molecule has 0 aliphatic carbocycles. The number of halogens is 2. The van der Waals surface area contributed by atoms with Crippen molar-refractivity contribution in [1.29, 1.82) is 0 Å². The highest BCUT2D eigenvalue weighted by Gasteiger charge is 2.17. The van der Waals surface area contributed by atoms with Crippen LogP contribution in [-0.2, 0) is 0 Å². The van der Waals surface area contributed by atoms with E-state index < -0.39 is 6.61 Å². The summed E-state index contributed by atoms with van der Waals surface area (Å²) in [6.07, 6.45) is 4.19. The number of carbonyl (C=O) groups is 1. The Kier molecular flexibility index (Phi) is 5.15. The van der Waals surface area contributed by atoms with Crippen LogP contribution in [0, 0.1) is 0 Å². The van der Waals surface area contributed by atoms with Gasteiger partial charge in [-0.3, -0.25) is 0 Å². The second-order valence-electron chi connectivity index (χ2n) is 4.71. The first-order chi connectivity index (χ1) is 9.66. The predicted molar refractivity (Wildman–Crippen MR) is 72.1 cm³/mol. The molecule has 1 aliphatic heterocycles. The Morgan fingerprint density at radius 1 is 1.15 bits per heavy atom. The zero-order chi connectivity index (χ0) is 14.4. The largest absolute Gasteiger partial charge is 0.433 e. The van der Waals surface area contributed by atoms with Crippen molar-refractivity contribution in [2.45, 2.75) is 32.3 Å². The van der Waals surface area contributed by atoms with Crippen molar-refractivity contribution in [3.05, 3.63) is 24.3 Å². The van der Waals surface area contributed by atoms with E-state index in [1.54, 1.807) is 23.1 Å². The molecule has 1 heterocycles. The van der Waals surface area contributed by atoms with Gasteiger partial charge in [0.1, 0.15) is 5.75 Å². The molecule has 20 heavy (non-hydrogen) atoms. The Labute approximate surface area is 116 Å². The number of urea groups is 1. The molecule has 6 heteroatoms. The van der Waals surface area contributed by atoms with Gasteiger partial charge in [-0.1, -0.05) is 25.0 Å². The van der Waals surface area contributed by atoms with E-state index in [4.69, 9.17) is 0 Å². The van der Waals surface area contributed by atoms with Gasteiger partial charge in [0, 0.05) is 13.1 Å². The highest BCUT2D eigenvalue weighted by atomic mass is 19.3. The lowest BCUT2D eigenvalue weighted by Gasteiger charge is -2.21. The minimum atomic E-state index is -2.91. The molecule has 0 aromatic heterocycles. The highest BCUT2D eigenvalue weighted by molar-refractivity contribution is 5.91. The van der Waals surface area contributed by atoms with E-state index in [0.29, 0.717) is 13.1 Å². The van der Waals surface area contributed by atoms with Crippen LogP contribution in [0.25, 0.3) is 0 Å². The van der Waals surface area contributed by atoms with Crippen molar-refractivity contribution >= 4 is 11.7 Å². The lowest BCUT2D eigenvalue weighted by atomic mass is 10.2. The summed E-state index contributed by atoms with van der Waals surface area (Å²) < 4.78 is 29.0. The average molecular weight is 284 g/mol. The van der Waals surface area contributed by atoms with Crippen molar-refractivity contribution in [2.24, 2.45) is 0 Å². The van der Waals surface area contributed by atoms with Crippen LogP contribution in [0.1, 0.15) is 25.7 Å². The molecule has 0 spiro atoms. The van der Waals surface area contributed by atoms with E-state index in [1.165, 1.54) is 6.07 Å². The van der Waals surface area contributed by atoms with Gasteiger partial charge in [-0.15, -0.1) is 0 Å². The van der Waals surface area contributed by atoms with Crippen LogP contribution < -0.4 is 10.1 Å². The van der Waals surface area contributed by atoms with Crippen molar-refractivity contribution in [1.82, 2.24) is 4.90 Å². The molecular weight excluding hydrogens is 266 g/mol. The third-order valence-electron chi connectivity index (χ3n) is 3.24. The number of hydrogen-bond donors (Lipinski definition) is 1. The first kappa shape index (κ1) is 14.6. The third-order valence-corrected chi connectivity index (χ3v) is 3.24. The number of hydrogen-bond acceptors (Lipinski definition) is 2. The quantitative estimate of drug-likeness (QED) is 0.919. The van der Waals surface area contributed by atoms with Gasteiger partial charge in [-0.05, 0) is 25.0 Å². The van der Waals surface area contributed by atoms with Gasteiger partial charge >= 0.3 is 12.6 Å². The Balaban J connectivity index is 2.03. The number of anilines is 1. The molecule has 0 bridgehead atoms. The van der Waals surface area contributed by atoms with Crippen LogP contribution in [0.5, 0.6) is 5.75 Å². The molecular formula is C14H18F2N2O2. The highest BCUT2D eigenvalue weighted by Crippen LogP contribution is 2.26. The molecule has 4 nitrogen and oxygen atoms in total. The zero-order valence-corrected chi connectivity index (χ0v) is 11.1. The summed E-state index contributed by atoms with van der Waals surface area (Å²) in [5, 5.41) is 2.64. The summed E-state index contributed by atoms with van der Waals surface area (Å²) in [6, 6.07) is 5.94. The molecule has 110 valence electrons. The number of amides is 2. The summed E-state index contributed by atoms with van der Waals surface area (Å²) in [4.78, 5) is 13.8. The molecule has 1 aromatic carbocycles. The van der Waals surface area contributed by atoms with E-state index in [-0.39, 0.29) is 17.5 Å². The summed E-state index contributed by atoms with van der Waals surface area (Å²) in [7, 11) is 0. The number of rotatable bonds is 3. The summed E-state index contributed by atoms with van der Waals surface area (Å²) >= 11 is 0. The number of ether oxygens (including phenoxy) is 1. The predicted octanol–water partition coefficient (Wildman–Crippen LogP) is 3.70. The fourth-order valence-electron chi connectivity index (χ4n) is 2.24. The summed E-state index contributed by atoms with van der Waals surface area (Å²) in [5.74, 6) is -0.0225. The van der Waals surface area contributed by atoms with Crippen LogP contribution >= 0.6 is 0 Å². The number of nitrogens with zero attached hydrogens (tertiary/aromatic N) is 1. The fraction of sp³-hybridized carbons (Fsp3) is 0.500. The topological polar surface area (TPSA) is 41.6 Å². The molecule has 0 atom stereocenters. The zero-order valence-electron chi connectivity index (χ0n) is 11.1. The van der Waals surface area contributed by atoms with Gasteiger partial charge in [0.25, 0.3) is 0 Å². The number of para-hydroxylation sites is 2. The first-order valence-electron chi connectivity index (χ1n) is 6.76. The molecule has 0 radical (unpaired) electrons. The van der Waals surface area contributed by atoms with Crippen molar-refractivity contribution in [2.75, 3.05) is 18.4 Å². The Morgan fingerprint density at radius 2 is 1.80 bits per heavy atom. The van der Waals surface area contributed by atoms with E-state index in [1.807, 2.05) is 0 Å². The number of nitrogens with one attached hydrogen (secondary N) is 1. The van der Waals surface area contributed by atoms with Crippen molar-refractivity contribution in [3.63, 3.8) is 0 Å². The molecule has 0 saturated carbocycles. The average Bonchev–Trinajstić information content (AvgIpc) is 2.69. The maximum absolute atomic E-state index is 12.3. The van der Waals surface area contributed by atoms with E-state index >= 15 is 0 Å². The number of carbonyl (C=O) groups excluding carboxylic acids is 1. The lowest BCUT2D eigenvalue weighted by molar-refractivity contribution is -0.0493. The Morgan fingerprint density at radius 3 is 2.45 bits per heavy atom. The van der Waals surface area contributed by atoms with Crippen LogP contribution in [0.3, 0.4) is 0 Å². The standard InChI is InChI=1S/C14H18F2N2O2/c15-13(16)20-12-8-4-3-7-11(12)17-14(19)18-9-5-1-2-6-10-18/h3-4,7-8,13H,1-2,5-6,9-10H2,(H,17,19). The number of benzene rings is 1. The third kappa shape index (κ3) is 4.08. The van der Waals surface area contributed by atoms with Crippen LogP contribution in [-0.4, -0.2) is 30.6 Å². The summed E-state index contributed by atoms with van der Waals surface area (Å²) in [5.41, 5.74) is 0.266. The molecule has 2 amide bonds. The maximum atomic E-state index is 12.3. The smallest absolute Gasteiger partial charge is 0.387 e. The van der Waals surface area contributed by atoms with Gasteiger partial charge in [-0.25, -0.2) is 4.79 Å². The number of likely N-dealkylation sites (tertiary alicyclic amines) is 1. The van der Waals surface area contributed by atoms with E-state index in [9.17, 15) is 13.6 Å². The number of alkyl halides is 2. The molecule has 1 aliphatic rings. The fourth-order valence-corrected chi connectivity index (χ4v) is 2.24. The molecule has 1 aromatic rings. The van der Waals surface area contributed by atoms with Crippen molar-refractivity contribution in [3.8, 4) is 5.75 Å². The maximum Gasteiger partial charge on any atom is 0.387 e. The van der Waals surface area contributed by atoms with Crippen LogP contribution in [0.2, 0.25) is 0 Å². The van der Waals surface area contributed by atoms with Crippen molar-refractivity contribution < 1.29 is 18.3 Å². The minimum absolute atomic E-state index is 0.0225. The molecule has 1 saturated heterocycles. The second-order valence-corrected chi connectivity index (χ2v) is 4.71. The van der Waals surface area contributed by atoms with Gasteiger partial charge in [0.2, 0.25) is 0 Å². The SMILES string of the molecule is O=C(Nc1ccccc1OC(F)F)N1CCCCCC1. The first-order valence-corrected chi connectivity index (χ1v) is 6.76. The Hall–Kier alpha value is -1.85. The van der Waals surface area contributed by atoms with Crippen LogP contribution in [0.15, 0.2) is 24.3 Å². The van der Waals surface area contributed by atoms with E-state index in [0.717, 1.165) is 25.7 Å². The van der Waals surface area contributed by atoms with Gasteiger partial charge < -0.3 is 15.0 Å². The molecule has 1 fully saturated rings. The minimum Gasteiger partial charge on any atom is -0.433 e. The van der Waals surface area contributed by atoms with Gasteiger partial charge in [0.15, 0.2) is 0 Å². The molecule has 2 rings (SSSR count). The normalized spacial score (nSPS) is 15.8. The van der Waals surface area contributed by atoms with Gasteiger partial charge in [0.05, 0.1) is 5.69 Å². The van der Waals surface area contributed by atoms with E-state index in [2.05, 4.69) is 10.1 Å². The monoisotopic (exact) mass is 284 g/mol. The molecule has 1 N–H and O–H groups in total. The van der Waals surface area contributed by atoms with Gasteiger partial charge in [-0.2, -0.15) is 8.78 Å². The van der Waals surface area contributed by atoms with Crippen LogP contribution in [0.4, 0.5) is 19.3 Å². The lowest BCUT2D eigenvalue weighted by Crippen LogP contribution is -2.35. The molecule has 0 unspecified atom stereocenters.